The fraction of sp³-hybridized carbons (Fsp3) is 0.333. The van der Waals surface area contributed by atoms with Crippen LogP contribution in [0.15, 0.2) is 35.0 Å². The Labute approximate surface area is 117 Å². The molecule has 0 unspecified atom stereocenters. The number of fused-ring (bicyclic) bond motifs is 1. The molecule has 1 aliphatic rings. The van der Waals surface area contributed by atoms with Crippen LogP contribution in [0.25, 0.3) is 0 Å². The first-order valence-corrected chi connectivity index (χ1v) is 6.62. The molecule has 0 saturated heterocycles. The van der Waals surface area contributed by atoms with E-state index < -0.39 is 0 Å². The van der Waals surface area contributed by atoms with Crippen molar-refractivity contribution in [3.8, 4) is 5.75 Å². The van der Waals surface area contributed by atoms with Crippen molar-refractivity contribution in [1.29, 1.82) is 0 Å². The molecule has 20 heavy (non-hydrogen) atoms. The molecule has 2 aromatic rings. The van der Waals surface area contributed by atoms with Crippen molar-refractivity contribution < 1.29 is 14.1 Å². The zero-order chi connectivity index (χ0) is 13.9. The second-order valence-electron chi connectivity index (χ2n) is 4.94. The van der Waals surface area contributed by atoms with Crippen LogP contribution in [-0.2, 0) is 17.8 Å². The number of hydrogen-bond acceptors (Lipinski definition) is 4. The first-order chi connectivity index (χ1) is 9.72. The van der Waals surface area contributed by atoms with Gasteiger partial charge in [0.05, 0.1) is 12.7 Å². The number of ether oxygens (including phenoxy) is 1. The van der Waals surface area contributed by atoms with Gasteiger partial charge in [-0.3, -0.25) is 4.79 Å². The summed E-state index contributed by atoms with van der Waals surface area (Å²) in [7, 11) is 0. The molecule has 0 spiro atoms. The van der Waals surface area contributed by atoms with Crippen molar-refractivity contribution in [2.45, 2.75) is 19.9 Å². The molecule has 104 valence electrons. The molecule has 0 aliphatic carbocycles. The maximum Gasteiger partial charge on any atom is 0.260 e. The Morgan fingerprint density at radius 1 is 1.40 bits per heavy atom. The summed E-state index contributed by atoms with van der Waals surface area (Å²) in [6, 6.07) is 7.67. The molecular weight excluding hydrogens is 256 g/mol. The van der Waals surface area contributed by atoms with Crippen LogP contribution in [0.5, 0.6) is 5.75 Å². The summed E-state index contributed by atoms with van der Waals surface area (Å²) in [5, 5.41) is 3.76. The zero-order valence-corrected chi connectivity index (χ0v) is 11.3. The van der Waals surface area contributed by atoms with Crippen LogP contribution in [0.3, 0.4) is 0 Å². The third-order valence-electron chi connectivity index (χ3n) is 3.44. The van der Waals surface area contributed by atoms with Crippen molar-refractivity contribution >= 4 is 5.91 Å². The highest BCUT2D eigenvalue weighted by molar-refractivity contribution is 5.78. The van der Waals surface area contributed by atoms with Crippen molar-refractivity contribution in [3.63, 3.8) is 0 Å². The summed E-state index contributed by atoms with van der Waals surface area (Å²) >= 11 is 0. The highest BCUT2D eigenvalue weighted by atomic mass is 16.5. The predicted octanol–water partition coefficient (Wildman–Crippen LogP) is 1.95. The average Bonchev–Trinajstić information content (AvgIpc) is 2.93. The molecule has 0 fully saturated rings. The Morgan fingerprint density at radius 3 is 3.00 bits per heavy atom. The number of aryl methyl sites for hydroxylation is 1. The van der Waals surface area contributed by atoms with E-state index in [1.54, 1.807) is 11.1 Å². The lowest BCUT2D eigenvalue weighted by atomic mass is 10.1. The van der Waals surface area contributed by atoms with E-state index in [-0.39, 0.29) is 12.5 Å². The van der Waals surface area contributed by atoms with Gasteiger partial charge in [-0.05, 0) is 19.1 Å². The van der Waals surface area contributed by atoms with Gasteiger partial charge in [0, 0.05) is 18.5 Å². The second kappa shape index (κ2) is 5.36. The number of rotatable bonds is 3. The minimum atomic E-state index is -0.0163. The number of amides is 1. The third-order valence-corrected chi connectivity index (χ3v) is 3.44. The SMILES string of the molecule is Cc1ccc(OCC(=O)N2CCc3oncc3C2)cc1. The van der Waals surface area contributed by atoms with E-state index >= 15 is 0 Å². The van der Waals surface area contributed by atoms with E-state index in [9.17, 15) is 4.79 Å². The quantitative estimate of drug-likeness (QED) is 0.857. The van der Waals surface area contributed by atoms with Gasteiger partial charge in [-0.1, -0.05) is 22.9 Å². The van der Waals surface area contributed by atoms with Crippen LogP contribution in [0.2, 0.25) is 0 Å². The Balaban J connectivity index is 1.56. The second-order valence-corrected chi connectivity index (χ2v) is 4.94. The lowest BCUT2D eigenvalue weighted by Crippen LogP contribution is -2.38. The highest BCUT2D eigenvalue weighted by Crippen LogP contribution is 2.18. The Bertz CT molecular complexity index is 604. The first kappa shape index (κ1) is 12.7. The molecular formula is C15H16N2O3. The summed E-state index contributed by atoms with van der Waals surface area (Å²) in [6.07, 6.45) is 2.39. The normalized spacial score (nSPS) is 13.9. The van der Waals surface area contributed by atoms with Gasteiger partial charge in [-0.25, -0.2) is 0 Å². The minimum absolute atomic E-state index is 0.0163. The average molecular weight is 272 g/mol. The summed E-state index contributed by atoms with van der Waals surface area (Å²) in [5.41, 5.74) is 2.15. The van der Waals surface area contributed by atoms with Gasteiger partial charge in [0.2, 0.25) is 0 Å². The van der Waals surface area contributed by atoms with E-state index in [4.69, 9.17) is 9.26 Å². The van der Waals surface area contributed by atoms with Crippen LogP contribution in [0, 0.1) is 6.92 Å². The van der Waals surface area contributed by atoms with Crippen LogP contribution in [0.1, 0.15) is 16.9 Å². The van der Waals surface area contributed by atoms with E-state index in [1.165, 1.54) is 5.56 Å². The summed E-state index contributed by atoms with van der Waals surface area (Å²) in [4.78, 5) is 13.9. The standard InChI is InChI=1S/C15H16N2O3/c1-11-2-4-13(5-3-11)19-10-15(18)17-7-6-14-12(9-17)8-16-20-14/h2-5,8H,6-7,9-10H2,1H3. The summed E-state index contributed by atoms with van der Waals surface area (Å²) in [5.74, 6) is 1.58. The number of carbonyl (C=O) groups excluding carboxylic acids is 1. The molecule has 1 aliphatic heterocycles. The molecule has 1 aromatic carbocycles. The molecule has 0 N–H and O–H groups in total. The topological polar surface area (TPSA) is 55.6 Å². The van der Waals surface area contributed by atoms with Gasteiger partial charge in [-0.15, -0.1) is 0 Å². The third kappa shape index (κ3) is 2.66. The Hall–Kier alpha value is -2.30. The van der Waals surface area contributed by atoms with E-state index in [0.717, 1.165) is 11.3 Å². The molecule has 1 amide bonds. The van der Waals surface area contributed by atoms with Crippen molar-refractivity contribution in [2.75, 3.05) is 13.2 Å². The number of nitrogens with zero attached hydrogens (tertiary/aromatic N) is 2. The van der Waals surface area contributed by atoms with Crippen LogP contribution < -0.4 is 4.74 Å². The maximum atomic E-state index is 12.1. The Morgan fingerprint density at radius 2 is 2.20 bits per heavy atom. The monoisotopic (exact) mass is 272 g/mol. The Kier molecular flexibility index (Phi) is 3.41. The molecule has 3 rings (SSSR count). The molecule has 1 aromatic heterocycles. The van der Waals surface area contributed by atoms with Crippen molar-refractivity contribution in [3.05, 3.63) is 47.3 Å². The number of aromatic nitrogens is 1. The van der Waals surface area contributed by atoms with E-state index in [1.807, 2.05) is 31.2 Å². The lowest BCUT2D eigenvalue weighted by molar-refractivity contribution is -0.134. The smallest absolute Gasteiger partial charge is 0.260 e. The minimum Gasteiger partial charge on any atom is -0.484 e. The number of hydrogen-bond donors (Lipinski definition) is 0. The van der Waals surface area contributed by atoms with Gasteiger partial charge in [0.1, 0.15) is 11.5 Å². The molecule has 0 saturated carbocycles. The zero-order valence-electron chi connectivity index (χ0n) is 11.3. The van der Waals surface area contributed by atoms with Gasteiger partial charge < -0.3 is 14.2 Å². The largest absolute Gasteiger partial charge is 0.484 e. The van der Waals surface area contributed by atoms with E-state index in [0.29, 0.717) is 25.3 Å². The number of carbonyl (C=O) groups is 1. The van der Waals surface area contributed by atoms with Gasteiger partial charge in [0.15, 0.2) is 6.61 Å². The first-order valence-electron chi connectivity index (χ1n) is 6.62. The molecule has 2 heterocycles. The van der Waals surface area contributed by atoms with Crippen LogP contribution in [0.4, 0.5) is 0 Å². The summed E-state index contributed by atoms with van der Waals surface area (Å²) < 4.78 is 10.6. The fourth-order valence-corrected chi connectivity index (χ4v) is 2.22. The van der Waals surface area contributed by atoms with Gasteiger partial charge >= 0.3 is 0 Å². The fourth-order valence-electron chi connectivity index (χ4n) is 2.22. The van der Waals surface area contributed by atoms with Crippen LogP contribution >= 0.6 is 0 Å². The molecule has 0 bridgehead atoms. The molecule has 5 nitrogen and oxygen atoms in total. The number of benzene rings is 1. The van der Waals surface area contributed by atoms with Gasteiger partial charge in [0.25, 0.3) is 5.91 Å². The molecule has 5 heteroatoms. The van der Waals surface area contributed by atoms with Crippen molar-refractivity contribution in [1.82, 2.24) is 10.1 Å². The van der Waals surface area contributed by atoms with Crippen LogP contribution in [-0.4, -0.2) is 29.1 Å². The van der Waals surface area contributed by atoms with Crippen molar-refractivity contribution in [2.24, 2.45) is 0 Å². The summed E-state index contributed by atoms with van der Waals surface area (Å²) in [6.45, 7) is 3.27. The molecule has 0 radical (unpaired) electrons. The predicted molar refractivity (Wildman–Crippen MR) is 72.3 cm³/mol. The van der Waals surface area contributed by atoms with Gasteiger partial charge in [-0.2, -0.15) is 0 Å². The highest BCUT2D eigenvalue weighted by Gasteiger charge is 2.23. The van der Waals surface area contributed by atoms with E-state index in [2.05, 4.69) is 5.16 Å². The lowest BCUT2D eigenvalue weighted by Gasteiger charge is -2.25. The maximum absolute atomic E-state index is 12.1. The molecule has 0 atom stereocenters.